The van der Waals surface area contributed by atoms with E-state index in [9.17, 15) is 4.79 Å². The van der Waals surface area contributed by atoms with Crippen molar-refractivity contribution in [1.29, 1.82) is 0 Å². The van der Waals surface area contributed by atoms with Gasteiger partial charge >= 0.3 is 0 Å². The Labute approximate surface area is 128 Å². The van der Waals surface area contributed by atoms with E-state index < -0.39 is 0 Å². The lowest BCUT2D eigenvalue weighted by Gasteiger charge is -2.41. The van der Waals surface area contributed by atoms with Gasteiger partial charge in [0.1, 0.15) is 0 Å². The molecule has 2 aromatic rings. The molecule has 1 fully saturated rings. The zero-order valence-corrected chi connectivity index (χ0v) is 13.4. The molecular weight excluding hydrogens is 284 g/mol. The summed E-state index contributed by atoms with van der Waals surface area (Å²) in [6, 6.07) is 7.69. The minimum atomic E-state index is -0.297. The number of anilines is 1. The van der Waals surface area contributed by atoms with Crippen molar-refractivity contribution in [3.05, 3.63) is 29.1 Å². The lowest BCUT2D eigenvalue weighted by Crippen LogP contribution is -2.53. The van der Waals surface area contributed by atoms with E-state index in [1.165, 1.54) is 11.3 Å². The van der Waals surface area contributed by atoms with E-state index in [1.54, 1.807) is 0 Å². The highest BCUT2D eigenvalue weighted by atomic mass is 32.1. The third-order valence-corrected chi connectivity index (χ3v) is 4.71. The number of amides is 1. The van der Waals surface area contributed by atoms with Crippen LogP contribution in [0.1, 0.15) is 30.4 Å². The van der Waals surface area contributed by atoms with Crippen LogP contribution in [-0.2, 0) is 4.74 Å². The summed E-state index contributed by atoms with van der Waals surface area (Å²) in [7, 11) is 0. The highest BCUT2D eigenvalue weighted by Gasteiger charge is 2.34. The van der Waals surface area contributed by atoms with Gasteiger partial charge in [-0.1, -0.05) is 0 Å². The third-order valence-electron chi connectivity index (χ3n) is 3.61. The summed E-state index contributed by atoms with van der Waals surface area (Å²) in [4.78, 5) is 15.4. The molecule has 1 amide bonds. The molecule has 1 aromatic heterocycles. The summed E-state index contributed by atoms with van der Waals surface area (Å²) < 4.78 is 6.95. The number of carbonyl (C=O) groups excluding carboxylic acids is 1. The molecule has 21 heavy (non-hydrogen) atoms. The van der Waals surface area contributed by atoms with Crippen LogP contribution in [0, 0.1) is 0 Å². The van der Waals surface area contributed by atoms with Crippen molar-refractivity contribution in [2.75, 3.05) is 18.8 Å². The quantitative estimate of drug-likeness (QED) is 0.824. The molecule has 1 saturated heterocycles. The van der Waals surface area contributed by atoms with Gasteiger partial charge in [-0.3, -0.25) is 4.79 Å². The molecule has 1 atom stereocenters. The number of ether oxygens (including phenoxy) is 1. The zero-order chi connectivity index (χ0) is 15.2. The Morgan fingerprint density at radius 3 is 2.90 bits per heavy atom. The maximum Gasteiger partial charge on any atom is 0.264 e. The molecule has 0 aliphatic carbocycles. The second-order valence-electron chi connectivity index (χ2n) is 6.28. The molecule has 2 heterocycles. The maximum atomic E-state index is 12.7. The lowest BCUT2D eigenvalue weighted by atomic mass is 10.1. The highest BCUT2D eigenvalue weighted by molar-refractivity contribution is 7.20. The van der Waals surface area contributed by atoms with Crippen molar-refractivity contribution in [3.63, 3.8) is 0 Å². The first kappa shape index (κ1) is 14.4. The molecule has 0 radical (unpaired) electrons. The van der Waals surface area contributed by atoms with Crippen molar-refractivity contribution >= 4 is 33.0 Å². The van der Waals surface area contributed by atoms with Gasteiger partial charge in [0, 0.05) is 23.5 Å². The molecule has 1 unspecified atom stereocenters. The van der Waals surface area contributed by atoms with E-state index in [0.29, 0.717) is 13.1 Å². The fraction of sp³-hybridized carbons (Fsp3) is 0.438. The van der Waals surface area contributed by atoms with Crippen LogP contribution in [0.25, 0.3) is 10.1 Å². The largest absolute Gasteiger partial charge is 0.399 e. The summed E-state index contributed by atoms with van der Waals surface area (Å²) in [5.74, 6) is 0.0815. The van der Waals surface area contributed by atoms with Crippen molar-refractivity contribution in [2.45, 2.75) is 32.5 Å². The predicted molar refractivity (Wildman–Crippen MR) is 86.8 cm³/mol. The molecule has 0 saturated carbocycles. The Balaban J connectivity index is 1.89. The van der Waals surface area contributed by atoms with E-state index in [-0.39, 0.29) is 17.6 Å². The molecular formula is C16H20N2O2S. The first-order valence-electron chi connectivity index (χ1n) is 7.10. The number of rotatable bonds is 1. The van der Waals surface area contributed by atoms with Crippen molar-refractivity contribution in [1.82, 2.24) is 4.90 Å². The van der Waals surface area contributed by atoms with E-state index in [4.69, 9.17) is 10.5 Å². The van der Waals surface area contributed by atoms with Crippen LogP contribution in [0.5, 0.6) is 0 Å². The number of hydrogen-bond donors (Lipinski definition) is 1. The maximum absolute atomic E-state index is 12.7. The smallest absolute Gasteiger partial charge is 0.264 e. The van der Waals surface area contributed by atoms with Crippen LogP contribution in [0.15, 0.2) is 24.3 Å². The van der Waals surface area contributed by atoms with Gasteiger partial charge in [-0.05, 0) is 50.4 Å². The fourth-order valence-corrected chi connectivity index (χ4v) is 3.94. The van der Waals surface area contributed by atoms with Gasteiger partial charge < -0.3 is 15.4 Å². The first-order valence-corrected chi connectivity index (χ1v) is 7.92. The van der Waals surface area contributed by atoms with Crippen molar-refractivity contribution in [3.8, 4) is 0 Å². The summed E-state index contributed by atoms with van der Waals surface area (Å²) in [5, 5.41) is 1.03. The molecule has 4 nitrogen and oxygen atoms in total. The molecule has 112 valence electrons. The topological polar surface area (TPSA) is 55.6 Å². The van der Waals surface area contributed by atoms with Crippen LogP contribution in [0.2, 0.25) is 0 Å². The second-order valence-corrected chi connectivity index (χ2v) is 7.37. The van der Waals surface area contributed by atoms with Gasteiger partial charge in [0.15, 0.2) is 0 Å². The number of nitrogen functional groups attached to an aromatic ring is 1. The monoisotopic (exact) mass is 304 g/mol. The zero-order valence-electron chi connectivity index (χ0n) is 12.6. The highest BCUT2D eigenvalue weighted by Crippen LogP contribution is 2.30. The first-order chi connectivity index (χ1) is 9.84. The molecule has 2 N–H and O–H groups in total. The van der Waals surface area contributed by atoms with Crippen LogP contribution in [-0.4, -0.2) is 35.6 Å². The van der Waals surface area contributed by atoms with Crippen LogP contribution in [0.4, 0.5) is 5.69 Å². The normalized spacial score (nSPS) is 21.7. The Morgan fingerprint density at radius 1 is 1.43 bits per heavy atom. The fourth-order valence-electron chi connectivity index (χ4n) is 2.93. The molecule has 1 aliphatic heterocycles. The van der Waals surface area contributed by atoms with Crippen molar-refractivity contribution in [2.24, 2.45) is 0 Å². The molecule has 1 aliphatic rings. The minimum absolute atomic E-state index is 0.0581. The number of morpholine rings is 1. The summed E-state index contributed by atoms with van der Waals surface area (Å²) in [5.41, 5.74) is 6.22. The number of carbonyl (C=O) groups is 1. The number of fused-ring (bicyclic) bond motifs is 1. The van der Waals surface area contributed by atoms with E-state index in [2.05, 4.69) is 0 Å². The van der Waals surface area contributed by atoms with E-state index >= 15 is 0 Å². The van der Waals surface area contributed by atoms with Crippen LogP contribution in [0.3, 0.4) is 0 Å². The van der Waals surface area contributed by atoms with Crippen LogP contribution >= 0.6 is 11.3 Å². The lowest BCUT2D eigenvalue weighted by molar-refractivity contribution is -0.118. The van der Waals surface area contributed by atoms with Gasteiger partial charge in [0.05, 0.1) is 16.6 Å². The van der Waals surface area contributed by atoms with Crippen LogP contribution < -0.4 is 5.73 Å². The minimum Gasteiger partial charge on any atom is -0.399 e. The van der Waals surface area contributed by atoms with E-state index in [1.807, 2.05) is 49.9 Å². The third kappa shape index (κ3) is 2.89. The van der Waals surface area contributed by atoms with Gasteiger partial charge in [0.2, 0.25) is 0 Å². The standard InChI is InChI=1S/C16H20N2O2S/c1-10-8-18(9-16(2,3)20-10)15(19)14-7-11-6-12(17)4-5-13(11)21-14/h4-7,10H,8-9,17H2,1-3H3. The Morgan fingerprint density at radius 2 is 2.19 bits per heavy atom. The van der Waals surface area contributed by atoms with Gasteiger partial charge in [0.25, 0.3) is 5.91 Å². The number of nitrogens with two attached hydrogens (primary N) is 1. The Kier molecular flexibility index (Phi) is 3.42. The number of benzene rings is 1. The summed E-state index contributed by atoms with van der Waals surface area (Å²) in [6.45, 7) is 7.31. The molecule has 5 heteroatoms. The summed E-state index contributed by atoms with van der Waals surface area (Å²) >= 11 is 1.52. The molecule has 3 rings (SSSR count). The number of nitrogens with zero attached hydrogens (tertiary/aromatic N) is 1. The second kappa shape index (κ2) is 5.00. The average molecular weight is 304 g/mol. The van der Waals surface area contributed by atoms with Gasteiger partial charge in [-0.25, -0.2) is 0 Å². The van der Waals surface area contributed by atoms with Gasteiger partial charge in [-0.15, -0.1) is 11.3 Å². The van der Waals surface area contributed by atoms with E-state index in [0.717, 1.165) is 20.7 Å². The van der Waals surface area contributed by atoms with Crippen molar-refractivity contribution < 1.29 is 9.53 Å². The Hall–Kier alpha value is -1.59. The number of hydrogen-bond acceptors (Lipinski definition) is 4. The Bertz CT molecular complexity index is 693. The SMILES string of the molecule is CC1CN(C(=O)c2cc3cc(N)ccc3s2)CC(C)(C)O1. The molecule has 1 aromatic carbocycles. The average Bonchev–Trinajstić information content (AvgIpc) is 2.78. The molecule has 0 spiro atoms. The predicted octanol–water partition coefficient (Wildman–Crippen LogP) is 3.12. The summed E-state index contributed by atoms with van der Waals surface area (Å²) in [6.07, 6.45) is 0.0581. The van der Waals surface area contributed by atoms with Gasteiger partial charge in [-0.2, -0.15) is 0 Å². The number of thiophene rings is 1. The molecule has 0 bridgehead atoms.